The Morgan fingerprint density at radius 2 is 1.50 bits per heavy atom. The van der Waals surface area contributed by atoms with Crippen LogP contribution in [0.25, 0.3) is 0 Å². The van der Waals surface area contributed by atoms with E-state index in [9.17, 15) is 19.5 Å². The lowest BCUT2D eigenvalue weighted by atomic mass is 9.78. The average Bonchev–Trinajstić information content (AvgIpc) is 3.46. The van der Waals surface area contributed by atoms with Gasteiger partial charge in [0.2, 0.25) is 5.91 Å². The van der Waals surface area contributed by atoms with Crippen LogP contribution in [-0.2, 0) is 27.2 Å². The highest BCUT2D eigenvalue weighted by Crippen LogP contribution is 2.53. The molecule has 1 heterocycles. The van der Waals surface area contributed by atoms with E-state index in [4.69, 9.17) is 4.74 Å². The molecule has 0 aliphatic heterocycles. The van der Waals surface area contributed by atoms with Crippen molar-refractivity contribution in [2.45, 2.75) is 103 Å². The van der Waals surface area contributed by atoms with Crippen LogP contribution in [0.15, 0.2) is 0 Å². The number of anilines is 1. The molecule has 4 rings (SSSR count). The van der Waals surface area contributed by atoms with E-state index in [2.05, 4.69) is 5.32 Å². The lowest BCUT2D eigenvalue weighted by Crippen LogP contribution is -2.38. The van der Waals surface area contributed by atoms with E-state index in [1.165, 1.54) is 48.3 Å². The number of hydrogen-bond donors (Lipinski definition) is 2. The highest BCUT2D eigenvalue weighted by atomic mass is 32.1. The van der Waals surface area contributed by atoms with Crippen LogP contribution >= 0.6 is 11.3 Å². The first-order chi connectivity index (χ1) is 16.4. The molecule has 4 atom stereocenters. The number of hydrogen-bond acceptors (Lipinski definition) is 5. The quantitative estimate of drug-likeness (QED) is 0.479. The number of aryl methyl sites for hydroxylation is 1. The van der Waals surface area contributed by atoms with Crippen LogP contribution in [-0.4, -0.2) is 29.1 Å². The van der Waals surface area contributed by atoms with E-state index in [-0.39, 0.29) is 29.8 Å². The van der Waals surface area contributed by atoms with Gasteiger partial charge in [0.1, 0.15) is 5.00 Å². The molecule has 0 radical (unpaired) electrons. The number of carbonyl (C=O) groups excluding carboxylic acids is 2. The lowest BCUT2D eigenvalue weighted by molar-refractivity contribution is -0.148. The van der Waals surface area contributed by atoms with Crippen LogP contribution in [0.2, 0.25) is 0 Å². The highest BCUT2D eigenvalue weighted by Gasteiger charge is 2.54. The first-order valence-corrected chi connectivity index (χ1v) is 14.1. The zero-order chi connectivity index (χ0) is 24.2. The first-order valence-electron chi connectivity index (χ1n) is 13.3. The third-order valence-corrected chi connectivity index (χ3v) is 9.17. The molecule has 6 nitrogen and oxygen atoms in total. The zero-order valence-corrected chi connectivity index (χ0v) is 21.4. The summed E-state index contributed by atoms with van der Waals surface area (Å²) in [5.74, 6) is -2.41. The van der Waals surface area contributed by atoms with Crippen molar-refractivity contribution in [3.8, 4) is 0 Å². The molecular formula is C27H39NO5S. The summed E-state index contributed by atoms with van der Waals surface area (Å²) in [4.78, 5) is 39.8. The Hall–Kier alpha value is -1.89. The summed E-state index contributed by atoms with van der Waals surface area (Å²) in [6.45, 7) is 3.67. The van der Waals surface area contributed by atoms with Gasteiger partial charge in [-0.25, -0.2) is 4.79 Å². The van der Waals surface area contributed by atoms with Gasteiger partial charge in [0.05, 0.1) is 23.5 Å². The summed E-state index contributed by atoms with van der Waals surface area (Å²) in [5, 5.41) is 13.4. The number of esters is 1. The van der Waals surface area contributed by atoms with E-state index >= 15 is 0 Å². The molecule has 0 saturated heterocycles. The van der Waals surface area contributed by atoms with Crippen molar-refractivity contribution in [2.24, 2.45) is 23.7 Å². The topological polar surface area (TPSA) is 92.7 Å². The van der Waals surface area contributed by atoms with Gasteiger partial charge in [-0.2, -0.15) is 0 Å². The lowest BCUT2D eigenvalue weighted by Gasteiger charge is -2.27. The molecule has 2 N–H and O–H groups in total. The number of thiophene rings is 1. The second kappa shape index (κ2) is 11.2. The molecular weight excluding hydrogens is 450 g/mol. The van der Waals surface area contributed by atoms with Gasteiger partial charge in [-0.1, -0.05) is 38.5 Å². The normalized spacial score (nSPS) is 27.5. The Morgan fingerprint density at radius 1 is 0.912 bits per heavy atom. The third-order valence-electron chi connectivity index (χ3n) is 7.96. The fraction of sp³-hybridized carbons (Fsp3) is 0.741. The van der Waals surface area contributed by atoms with Gasteiger partial charge < -0.3 is 15.2 Å². The van der Waals surface area contributed by atoms with Crippen LogP contribution in [0, 0.1) is 23.7 Å². The molecule has 2 saturated carbocycles. The molecule has 0 spiro atoms. The van der Waals surface area contributed by atoms with E-state index in [1.54, 1.807) is 0 Å². The predicted molar refractivity (Wildman–Crippen MR) is 133 cm³/mol. The number of rotatable bonds is 5. The molecule has 1 aromatic rings. The van der Waals surface area contributed by atoms with Gasteiger partial charge >= 0.3 is 11.9 Å². The first kappa shape index (κ1) is 25.2. The largest absolute Gasteiger partial charge is 0.481 e. The molecule has 2 fully saturated rings. The SMILES string of the molecule is CC(C)OC(=O)c1c(NC(=O)C2C3CCC(C3)C2C(=O)O)sc2c1CCCCCCCCCC2. The summed E-state index contributed by atoms with van der Waals surface area (Å²) >= 11 is 1.50. The van der Waals surface area contributed by atoms with Gasteiger partial charge in [-0.05, 0) is 76.2 Å². The monoisotopic (exact) mass is 489 g/mol. The highest BCUT2D eigenvalue weighted by molar-refractivity contribution is 7.17. The summed E-state index contributed by atoms with van der Waals surface area (Å²) in [6, 6.07) is 0. The number of ether oxygens (including phenoxy) is 1. The van der Waals surface area contributed by atoms with Crippen LogP contribution in [0.4, 0.5) is 5.00 Å². The average molecular weight is 490 g/mol. The second-order valence-electron chi connectivity index (χ2n) is 10.7. The number of amides is 1. The minimum absolute atomic E-state index is 0.0903. The van der Waals surface area contributed by atoms with Gasteiger partial charge in [0, 0.05) is 4.88 Å². The Kier molecular flexibility index (Phi) is 8.33. The third kappa shape index (κ3) is 5.50. The van der Waals surface area contributed by atoms with E-state index in [0.717, 1.165) is 56.9 Å². The molecule has 7 heteroatoms. The van der Waals surface area contributed by atoms with Crippen molar-refractivity contribution in [1.82, 2.24) is 0 Å². The minimum Gasteiger partial charge on any atom is -0.481 e. The molecule has 4 unspecified atom stereocenters. The number of carbonyl (C=O) groups is 3. The maximum Gasteiger partial charge on any atom is 0.341 e. The van der Waals surface area contributed by atoms with Crippen molar-refractivity contribution < 1.29 is 24.2 Å². The molecule has 1 aromatic heterocycles. The number of fused-ring (bicyclic) bond motifs is 3. The fourth-order valence-corrected chi connectivity index (χ4v) is 7.70. The molecule has 188 valence electrons. The standard InChI is InChI=1S/C27H39NO5S/c1-16(2)33-27(32)23-19-11-9-7-5-3-4-6-8-10-12-20(19)34-25(23)28-24(29)21-17-13-14-18(15-17)22(21)26(30)31/h16-18,21-22H,3-15H2,1-2H3,(H,28,29)(H,30,31). The van der Waals surface area contributed by atoms with Crippen molar-refractivity contribution in [2.75, 3.05) is 5.32 Å². The van der Waals surface area contributed by atoms with E-state index in [0.29, 0.717) is 10.6 Å². The number of carboxylic acid groups (broad SMARTS) is 1. The minimum atomic E-state index is -0.870. The fourth-order valence-electron chi connectivity index (χ4n) is 6.42. The van der Waals surface area contributed by atoms with Gasteiger partial charge in [-0.3, -0.25) is 9.59 Å². The van der Waals surface area contributed by atoms with Crippen LogP contribution in [0.5, 0.6) is 0 Å². The second-order valence-corrected chi connectivity index (χ2v) is 11.8. The molecule has 34 heavy (non-hydrogen) atoms. The maximum atomic E-state index is 13.4. The number of nitrogens with one attached hydrogen (secondary N) is 1. The van der Waals surface area contributed by atoms with E-state index < -0.39 is 17.8 Å². The van der Waals surface area contributed by atoms with Crippen LogP contribution in [0.1, 0.15) is 105 Å². The molecule has 1 amide bonds. The van der Waals surface area contributed by atoms with Gasteiger partial charge in [0.15, 0.2) is 0 Å². The van der Waals surface area contributed by atoms with Crippen LogP contribution < -0.4 is 5.32 Å². The Labute approximate surface area is 206 Å². The molecule has 2 bridgehead atoms. The van der Waals surface area contributed by atoms with Crippen molar-refractivity contribution >= 4 is 34.2 Å². The maximum absolute atomic E-state index is 13.4. The molecule has 0 aromatic carbocycles. The molecule has 3 aliphatic rings. The molecule has 3 aliphatic carbocycles. The van der Waals surface area contributed by atoms with Crippen molar-refractivity contribution in [3.63, 3.8) is 0 Å². The summed E-state index contributed by atoms with van der Waals surface area (Å²) in [6.07, 6.45) is 13.5. The predicted octanol–water partition coefficient (Wildman–Crippen LogP) is 6.22. The van der Waals surface area contributed by atoms with Crippen molar-refractivity contribution in [3.05, 3.63) is 16.0 Å². The van der Waals surface area contributed by atoms with Crippen molar-refractivity contribution in [1.29, 1.82) is 0 Å². The smallest absolute Gasteiger partial charge is 0.341 e. The van der Waals surface area contributed by atoms with E-state index in [1.807, 2.05) is 13.8 Å². The number of aliphatic carboxylic acids is 1. The summed E-state index contributed by atoms with van der Waals surface area (Å²) in [7, 11) is 0. The summed E-state index contributed by atoms with van der Waals surface area (Å²) < 4.78 is 5.61. The Bertz CT molecular complexity index is 907. The van der Waals surface area contributed by atoms with Gasteiger partial charge in [-0.15, -0.1) is 11.3 Å². The van der Waals surface area contributed by atoms with Crippen LogP contribution in [0.3, 0.4) is 0 Å². The van der Waals surface area contributed by atoms with Gasteiger partial charge in [0.25, 0.3) is 0 Å². The summed E-state index contributed by atoms with van der Waals surface area (Å²) in [5.41, 5.74) is 1.54. The zero-order valence-electron chi connectivity index (χ0n) is 20.6. The Morgan fingerprint density at radius 3 is 2.12 bits per heavy atom. The number of carboxylic acids is 1. The Balaban J connectivity index is 1.63.